The number of hydrogen-bond acceptors (Lipinski definition) is 5. The van der Waals surface area contributed by atoms with E-state index in [2.05, 4.69) is 10.6 Å². The monoisotopic (exact) mass is 284 g/mol. The largest absolute Gasteiger partial charge is 0.506 e. The first-order chi connectivity index (χ1) is 8.88. The van der Waals surface area contributed by atoms with Crippen LogP contribution in [0.5, 0.6) is 5.75 Å². The van der Waals surface area contributed by atoms with Gasteiger partial charge in [0.1, 0.15) is 5.75 Å². The van der Waals surface area contributed by atoms with Gasteiger partial charge in [-0.2, -0.15) is 0 Å². The molecule has 19 heavy (non-hydrogen) atoms. The molecule has 0 bridgehead atoms. The lowest BCUT2D eigenvalue weighted by Gasteiger charge is -2.13. The molecule has 0 unspecified atom stereocenters. The van der Waals surface area contributed by atoms with Crippen molar-refractivity contribution >= 4 is 21.4 Å². The standard InChI is InChI=1S/C12H16N2O4S/c1-19(17,18)8-4-5-11(15)10(7-8)14-12(16)9-3-2-6-13-9/h4-5,7,9,13,15H,2-3,6H2,1H3,(H,14,16)/t9-/m1/s1. The van der Waals surface area contributed by atoms with Crippen LogP contribution in [0.3, 0.4) is 0 Å². The molecule has 0 spiro atoms. The molecule has 1 amide bonds. The highest BCUT2D eigenvalue weighted by molar-refractivity contribution is 7.90. The van der Waals surface area contributed by atoms with E-state index in [0.29, 0.717) is 0 Å². The van der Waals surface area contributed by atoms with Gasteiger partial charge in [-0.25, -0.2) is 8.42 Å². The summed E-state index contributed by atoms with van der Waals surface area (Å²) >= 11 is 0. The fourth-order valence-electron chi connectivity index (χ4n) is 1.97. The van der Waals surface area contributed by atoms with Crippen molar-refractivity contribution in [2.45, 2.75) is 23.8 Å². The number of phenols is 1. The van der Waals surface area contributed by atoms with Crippen molar-refractivity contribution in [1.82, 2.24) is 5.32 Å². The van der Waals surface area contributed by atoms with Crippen LogP contribution >= 0.6 is 0 Å². The topological polar surface area (TPSA) is 95.5 Å². The Morgan fingerprint density at radius 2 is 2.21 bits per heavy atom. The first kappa shape index (κ1) is 13.8. The van der Waals surface area contributed by atoms with Crippen LogP contribution in [-0.2, 0) is 14.6 Å². The highest BCUT2D eigenvalue weighted by Gasteiger charge is 2.23. The number of phenolic OH excluding ortho intramolecular Hbond substituents is 1. The van der Waals surface area contributed by atoms with Gasteiger partial charge in [0.05, 0.1) is 16.6 Å². The Balaban J connectivity index is 2.22. The predicted molar refractivity (Wildman–Crippen MR) is 70.9 cm³/mol. The molecule has 1 heterocycles. The van der Waals surface area contributed by atoms with Crippen LogP contribution in [0.1, 0.15) is 12.8 Å². The third-order valence-electron chi connectivity index (χ3n) is 3.03. The van der Waals surface area contributed by atoms with E-state index in [1.165, 1.54) is 18.2 Å². The van der Waals surface area contributed by atoms with Crippen molar-refractivity contribution in [3.8, 4) is 5.75 Å². The van der Waals surface area contributed by atoms with Crippen molar-refractivity contribution in [1.29, 1.82) is 0 Å². The van der Waals surface area contributed by atoms with Crippen molar-refractivity contribution in [2.75, 3.05) is 18.1 Å². The number of anilines is 1. The number of sulfone groups is 1. The molecule has 0 aliphatic carbocycles. The van der Waals surface area contributed by atoms with Crippen molar-refractivity contribution in [3.05, 3.63) is 18.2 Å². The van der Waals surface area contributed by atoms with Crippen molar-refractivity contribution in [2.24, 2.45) is 0 Å². The third-order valence-corrected chi connectivity index (χ3v) is 4.14. The van der Waals surface area contributed by atoms with Gasteiger partial charge in [-0.15, -0.1) is 0 Å². The molecule has 0 saturated carbocycles. The Morgan fingerprint density at radius 3 is 2.79 bits per heavy atom. The first-order valence-electron chi connectivity index (χ1n) is 5.95. The summed E-state index contributed by atoms with van der Waals surface area (Å²) in [7, 11) is -3.37. The molecule has 1 aromatic carbocycles. The molecule has 1 saturated heterocycles. The molecular formula is C12H16N2O4S. The second kappa shape index (κ2) is 5.18. The molecule has 2 rings (SSSR count). The second-order valence-electron chi connectivity index (χ2n) is 4.59. The molecule has 3 N–H and O–H groups in total. The van der Waals surface area contributed by atoms with Gasteiger partial charge in [-0.05, 0) is 37.6 Å². The third kappa shape index (κ3) is 3.24. The summed E-state index contributed by atoms with van der Waals surface area (Å²) in [6.45, 7) is 0.785. The molecule has 1 aliphatic rings. The SMILES string of the molecule is CS(=O)(=O)c1ccc(O)c(NC(=O)[C@H]2CCCN2)c1. The molecule has 6 nitrogen and oxygen atoms in total. The zero-order valence-electron chi connectivity index (χ0n) is 10.5. The average Bonchev–Trinajstić information content (AvgIpc) is 2.84. The summed E-state index contributed by atoms with van der Waals surface area (Å²) in [5.74, 6) is -0.419. The Hall–Kier alpha value is -1.60. The van der Waals surface area contributed by atoms with Crippen molar-refractivity contribution < 1.29 is 18.3 Å². The van der Waals surface area contributed by atoms with E-state index < -0.39 is 9.84 Å². The lowest BCUT2D eigenvalue weighted by atomic mass is 10.2. The maximum atomic E-state index is 11.9. The number of hydrogen-bond donors (Lipinski definition) is 3. The highest BCUT2D eigenvalue weighted by Crippen LogP contribution is 2.26. The summed E-state index contributed by atoms with van der Waals surface area (Å²) in [4.78, 5) is 11.9. The lowest BCUT2D eigenvalue weighted by molar-refractivity contribution is -0.117. The molecule has 1 fully saturated rings. The number of amides is 1. The minimum atomic E-state index is -3.37. The lowest BCUT2D eigenvalue weighted by Crippen LogP contribution is -2.35. The summed E-state index contributed by atoms with van der Waals surface area (Å²) < 4.78 is 22.9. The number of carbonyl (C=O) groups excluding carboxylic acids is 1. The van der Waals surface area contributed by atoms with Crippen LogP contribution in [0, 0.1) is 0 Å². The number of aromatic hydroxyl groups is 1. The molecule has 0 aromatic heterocycles. The van der Waals surface area contributed by atoms with Gasteiger partial charge >= 0.3 is 0 Å². The van der Waals surface area contributed by atoms with Crippen LogP contribution in [-0.4, -0.2) is 38.3 Å². The van der Waals surface area contributed by atoms with Gasteiger partial charge in [0.25, 0.3) is 0 Å². The van der Waals surface area contributed by atoms with Gasteiger partial charge < -0.3 is 15.7 Å². The minimum absolute atomic E-state index is 0.0555. The molecule has 1 aliphatic heterocycles. The molecule has 1 aromatic rings. The molecule has 7 heteroatoms. The first-order valence-corrected chi connectivity index (χ1v) is 7.84. The van der Waals surface area contributed by atoms with Gasteiger partial charge in [-0.3, -0.25) is 4.79 Å². The van der Waals surface area contributed by atoms with E-state index in [-0.39, 0.29) is 28.3 Å². The van der Waals surface area contributed by atoms with Gasteiger partial charge in [-0.1, -0.05) is 0 Å². The van der Waals surface area contributed by atoms with E-state index in [9.17, 15) is 18.3 Å². The summed E-state index contributed by atoms with van der Waals surface area (Å²) in [5, 5.41) is 15.2. The normalized spacial score (nSPS) is 19.3. The Kier molecular flexibility index (Phi) is 3.77. The number of rotatable bonds is 3. The Bertz CT molecular complexity index is 592. The van der Waals surface area contributed by atoms with E-state index in [1.807, 2.05) is 0 Å². The number of benzene rings is 1. The summed E-state index contributed by atoms with van der Waals surface area (Å²) in [6.07, 6.45) is 2.73. The summed E-state index contributed by atoms with van der Waals surface area (Å²) in [6, 6.07) is 3.53. The van der Waals surface area contributed by atoms with Gasteiger partial charge in [0, 0.05) is 6.26 Å². The van der Waals surface area contributed by atoms with Crippen LogP contribution in [0.25, 0.3) is 0 Å². The maximum absolute atomic E-state index is 11.9. The van der Waals surface area contributed by atoms with E-state index in [4.69, 9.17) is 0 Å². The zero-order chi connectivity index (χ0) is 14.0. The van der Waals surface area contributed by atoms with Crippen molar-refractivity contribution in [3.63, 3.8) is 0 Å². The fourth-order valence-corrected chi connectivity index (χ4v) is 2.62. The smallest absolute Gasteiger partial charge is 0.241 e. The number of carbonyl (C=O) groups is 1. The quantitative estimate of drug-likeness (QED) is 0.702. The van der Waals surface area contributed by atoms with Crippen LogP contribution in [0.15, 0.2) is 23.1 Å². The van der Waals surface area contributed by atoms with Crippen LogP contribution in [0.4, 0.5) is 5.69 Å². The maximum Gasteiger partial charge on any atom is 0.241 e. The number of nitrogens with one attached hydrogen (secondary N) is 2. The van der Waals surface area contributed by atoms with Crippen LogP contribution < -0.4 is 10.6 Å². The molecule has 1 atom stereocenters. The van der Waals surface area contributed by atoms with E-state index in [1.54, 1.807) is 0 Å². The van der Waals surface area contributed by atoms with Gasteiger partial charge in [0.15, 0.2) is 9.84 Å². The fraction of sp³-hybridized carbons (Fsp3) is 0.417. The van der Waals surface area contributed by atoms with Crippen LogP contribution in [0.2, 0.25) is 0 Å². The Labute approximate surface area is 111 Å². The van der Waals surface area contributed by atoms with E-state index >= 15 is 0 Å². The average molecular weight is 284 g/mol. The van der Waals surface area contributed by atoms with E-state index in [0.717, 1.165) is 25.6 Å². The Morgan fingerprint density at radius 1 is 1.47 bits per heavy atom. The minimum Gasteiger partial charge on any atom is -0.506 e. The van der Waals surface area contributed by atoms with Gasteiger partial charge in [0.2, 0.25) is 5.91 Å². The predicted octanol–water partition coefficient (Wildman–Crippen LogP) is 0.486. The summed E-state index contributed by atoms with van der Waals surface area (Å²) in [5.41, 5.74) is 0.113. The highest BCUT2D eigenvalue weighted by atomic mass is 32.2. The molecular weight excluding hydrogens is 268 g/mol. The zero-order valence-corrected chi connectivity index (χ0v) is 11.3. The molecule has 0 radical (unpaired) electrons. The second-order valence-corrected chi connectivity index (χ2v) is 6.61. The molecule has 104 valence electrons.